The maximum Gasteiger partial charge on any atom is 0.390 e. The molecule has 0 aromatic carbocycles. The molecule has 6 nitrogen and oxygen atoms in total. The lowest BCUT2D eigenvalue weighted by molar-refractivity contribution is -0.129. The van der Waals surface area contributed by atoms with Crippen LogP contribution < -0.4 is 4.90 Å². The molecule has 2 heterocycles. The van der Waals surface area contributed by atoms with Gasteiger partial charge in [0.1, 0.15) is 10.0 Å². The van der Waals surface area contributed by atoms with Crippen molar-refractivity contribution in [2.75, 3.05) is 29.5 Å². The standard InChI is InChI=1S/C17H21ClF3N3O3S2/c1-3-24(15(25)11(2)10-29(27)8-6-17(19,20)21)16-13(18)22-14(28-16)12-5-4-7-23(26)9-12/h4-5,7,11,26H,3,6,8-10H2,1-2H3. The summed E-state index contributed by atoms with van der Waals surface area (Å²) in [5.41, 5.74) is 0.720. The molecule has 1 aromatic heterocycles. The highest BCUT2D eigenvalue weighted by atomic mass is 35.5. The maximum atomic E-state index is 12.8. The summed E-state index contributed by atoms with van der Waals surface area (Å²) in [7, 11) is -1.76. The van der Waals surface area contributed by atoms with Crippen molar-refractivity contribution in [1.29, 1.82) is 0 Å². The first kappa shape index (κ1) is 23.8. The van der Waals surface area contributed by atoms with E-state index in [1.807, 2.05) is 0 Å². The Hall–Kier alpha value is -1.43. The van der Waals surface area contributed by atoms with Gasteiger partial charge in [-0.15, -0.1) is 0 Å². The molecule has 1 aliphatic heterocycles. The predicted octanol–water partition coefficient (Wildman–Crippen LogP) is 4.09. The van der Waals surface area contributed by atoms with Crippen molar-refractivity contribution in [3.63, 3.8) is 0 Å². The molecular weight excluding hydrogens is 451 g/mol. The number of hydrogen-bond donors (Lipinski definition) is 1. The fourth-order valence-electron chi connectivity index (χ4n) is 2.60. The first-order chi connectivity index (χ1) is 13.5. The summed E-state index contributed by atoms with van der Waals surface area (Å²) in [6, 6.07) is 0. The molecule has 1 N–H and O–H groups in total. The highest BCUT2D eigenvalue weighted by Crippen LogP contribution is 2.37. The molecule has 2 unspecified atom stereocenters. The van der Waals surface area contributed by atoms with Crippen molar-refractivity contribution >= 4 is 50.2 Å². The topological polar surface area (TPSA) is 73.7 Å². The van der Waals surface area contributed by atoms with E-state index < -0.39 is 35.1 Å². The van der Waals surface area contributed by atoms with Crippen LogP contribution >= 0.6 is 22.9 Å². The average molecular weight is 472 g/mol. The van der Waals surface area contributed by atoms with Gasteiger partial charge in [-0.3, -0.25) is 19.3 Å². The average Bonchev–Trinajstić information content (AvgIpc) is 3.01. The van der Waals surface area contributed by atoms with E-state index in [4.69, 9.17) is 11.6 Å². The first-order valence-corrected chi connectivity index (χ1v) is 11.4. The van der Waals surface area contributed by atoms with Gasteiger partial charge in [-0.1, -0.05) is 35.9 Å². The van der Waals surface area contributed by atoms with E-state index in [1.54, 1.807) is 19.1 Å². The van der Waals surface area contributed by atoms with Crippen LogP contribution in [0, 0.1) is 5.92 Å². The zero-order valence-corrected chi connectivity index (χ0v) is 18.2. The lowest BCUT2D eigenvalue weighted by atomic mass is 10.2. The number of alkyl halides is 3. The van der Waals surface area contributed by atoms with Gasteiger partial charge in [0.15, 0.2) is 5.15 Å². The molecule has 0 saturated heterocycles. The fourth-order valence-corrected chi connectivity index (χ4v) is 5.32. The lowest BCUT2D eigenvalue weighted by Crippen LogP contribution is -2.37. The summed E-state index contributed by atoms with van der Waals surface area (Å²) in [6.07, 6.45) is -0.612. The van der Waals surface area contributed by atoms with Gasteiger partial charge < -0.3 is 4.90 Å². The van der Waals surface area contributed by atoms with Crippen molar-refractivity contribution in [2.45, 2.75) is 26.4 Å². The Labute approximate surface area is 178 Å². The van der Waals surface area contributed by atoms with Crippen LogP contribution in [0.1, 0.15) is 25.3 Å². The van der Waals surface area contributed by atoms with Crippen molar-refractivity contribution in [1.82, 2.24) is 10.0 Å². The van der Waals surface area contributed by atoms with E-state index in [0.717, 1.165) is 10.6 Å². The van der Waals surface area contributed by atoms with E-state index in [9.17, 15) is 27.4 Å². The minimum atomic E-state index is -4.38. The van der Waals surface area contributed by atoms with Crippen LogP contribution in [0.4, 0.5) is 18.2 Å². The van der Waals surface area contributed by atoms with Crippen LogP contribution in [0.5, 0.6) is 0 Å². The van der Waals surface area contributed by atoms with Crippen molar-refractivity contribution in [3.8, 4) is 0 Å². The third-order valence-electron chi connectivity index (χ3n) is 4.03. The predicted molar refractivity (Wildman–Crippen MR) is 108 cm³/mol. The lowest BCUT2D eigenvalue weighted by Gasteiger charge is -2.23. The first-order valence-electron chi connectivity index (χ1n) is 8.74. The minimum Gasteiger partial charge on any atom is -0.301 e. The number of carbonyl (C=O) groups excluding carboxylic acids is 1. The molecule has 162 valence electrons. The Balaban J connectivity index is 2.10. The highest BCUT2D eigenvalue weighted by Gasteiger charge is 2.30. The number of anilines is 1. The van der Waals surface area contributed by atoms with Crippen LogP contribution in [0.15, 0.2) is 18.4 Å². The number of allylic oxidation sites excluding steroid dienone is 2. The molecule has 1 aromatic rings. The number of nitrogens with zero attached hydrogens (tertiary/aromatic N) is 3. The molecule has 29 heavy (non-hydrogen) atoms. The van der Waals surface area contributed by atoms with Gasteiger partial charge >= 0.3 is 6.18 Å². The molecule has 1 amide bonds. The van der Waals surface area contributed by atoms with Crippen LogP contribution in [0.2, 0.25) is 5.15 Å². The van der Waals surface area contributed by atoms with Crippen LogP contribution in [0.3, 0.4) is 0 Å². The quantitative estimate of drug-likeness (QED) is 0.618. The van der Waals surface area contributed by atoms with E-state index in [-0.39, 0.29) is 29.9 Å². The zero-order chi connectivity index (χ0) is 21.8. The van der Waals surface area contributed by atoms with E-state index in [1.165, 1.54) is 29.4 Å². The molecule has 0 fully saturated rings. The van der Waals surface area contributed by atoms with Crippen LogP contribution in [0.25, 0.3) is 5.57 Å². The summed E-state index contributed by atoms with van der Waals surface area (Å²) in [5, 5.41) is 11.7. The molecular formula is C17H21ClF3N3O3S2. The molecule has 2 rings (SSSR count). The van der Waals surface area contributed by atoms with E-state index in [0.29, 0.717) is 10.0 Å². The Morgan fingerprint density at radius 1 is 1.52 bits per heavy atom. The molecule has 0 saturated carbocycles. The molecule has 12 heteroatoms. The number of halogens is 4. The van der Waals surface area contributed by atoms with Crippen LogP contribution in [-0.4, -0.2) is 56.1 Å². The number of hydroxylamine groups is 2. The van der Waals surface area contributed by atoms with Crippen molar-refractivity contribution < 1.29 is 27.4 Å². The molecule has 0 radical (unpaired) electrons. The van der Waals surface area contributed by atoms with Gasteiger partial charge in [-0.05, 0) is 13.0 Å². The molecule has 0 aliphatic carbocycles. The molecule has 0 spiro atoms. The second-order valence-corrected chi connectivity index (χ2v) is 9.36. The third-order valence-corrected chi connectivity index (χ3v) is 7.09. The van der Waals surface area contributed by atoms with Gasteiger partial charge in [0.05, 0.1) is 13.0 Å². The minimum absolute atomic E-state index is 0.116. The summed E-state index contributed by atoms with van der Waals surface area (Å²) in [6.45, 7) is 3.75. The summed E-state index contributed by atoms with van der Waals surface area (Å²) in [5.74, 6) is -1.82. The Morgan fingerprint density at radius 3 is 2.79 bits per heavy atom. The number of thiazole rings is 1. The fraction of sp³-hybridized carbons (Fsp3) is 0.529. The number of hydrogen-bond acceptors (Lipinski definition) is 6. The largest absolute Gasteiger partial charge is 0.390 e. The molecule has 2 atom stereocenters. The molecule has 0 bridgehead atoms. The number of aromatic nitrogens is 1. The van der Waals surface area contributed by atoms with Gasteiger partial charge in [0.2, 0.25) is 5.91 Å². The molecule has 1 aliphatic rings. The number of carbonyl (C=O) groups is 1. The van der Waals surface area contributed by atoms with Gasteiger partial charge in [0.25, 0.3) is 0 Å². The maximum absolute atomic E-state index is 12.8. The number of amides is 1. The second-order valence-electron chi connectivity index (χ2n) is 6.41. The van der Waals surface area contributed by atoms with Crippen molar-refractivity contribution in [2.24, 2.45) is 5.92 Å². The normalized spacial score (nSPS) is 16.5. The summed E-state index contributed by atoms with van der Waals surface area (Å²) in [4.78, 5) is 18.5. The number of rotatable bonds is 8. The van der Waals surface area contributed by atoms with E-state index >= 15 is 0 Å². The Kier molecular flexibility index (Phi) is 8.27. The van der Waals surface area contributed by atoms with Crippen LogP contribution in [-0.2, 0) is 15.6 Å². The monoisotopic (exact) mass is 471 g/mol. The second kappa shape index (κ2) is 10.1. The van der Waals surface area contributed by atoms with Gasteiger partial charge in [-0.2, -0.15) is 13.2 Å². The Morgan fingerprint density at radius 2 is 2.21 bits per heavy atom. The van der Waals surface area contributed by atoms with Crippen molar-refractivity contribution in [3.05, 3.63) is 28.5 Å². The SMILES string of the molecule is CCN(C(=O)C(C)CS(=O)CCC(F)(F)F)c1sc(C2=CC=CN(O)C2)nc1Cl. The Bertz CT molecular complexity index is 827. The van der Waals surface area contributed by atoms with Gasteiger partial charge in [0, 0.05) is 46.5 Å². The highest BCUT2D eigenvalue weighted by molar-refractivity contribution is 7.85. The summed E-state index contributed by atoms with van der Waals surface area (Å²) < 4.78 is 48.8. The summed E-state index contributed by atoms with van der Waals surface area (Å²) >= 11 is 7.40. The smallest absolute Gasteiger partial charge is 0.301 e. The van der Waals surface area contributed by atoms with E-state index in [2.05, 4.69) is 4.98 Å². The van der Waals surface area contributed by atoms with Gasteiger partial charge in [-0.25, -0.2) is 4.98 Å². The third kappa shape index (κ3) is 6.80. The zero-order valence-electron chi connectivity index (χ0n) is 15.8.